The zero-order chi connectivity index (χ0) is 6.53. The van der Waals surface area contributed by atoms with Crippen molar-refractivity contribution in [2.45, 2.75) is 25.4 Å². The normalized spacial score (nSPS) is 25.9. The maximum Gasteiger partial charge on any atom is 0.217 e. The molecule has 0 bridgehead atoms. The fraction of sp³-hybridized carbons (Fsp3) is 0.857. The van der Waals surface area contributed by atoms with Crippen LogP contribution in [-0.4, -0.2) is 19.3 Å². The Morgan fingerprint density at radius 3 is 3.11 bits per heavy atom. The maximum absolute atomic E-state index is 6.54. The summed E-state index contributed by atoms with van der Waals surface area (Å²) in [5.41, 5.74) is 0. The average molecular weight is 125 g/mol. The molecule has 1 aliphatic heterocycles. The predicted octanol–water partition coefficient (Wildman–Crippen LogP) is 1.47. The molecule has 0 aromatic rings. The van der Waals surface area contributed by atoms with Gasteiger partial charge in [-0.3, -0.25) is 0 Å². The van der Waals surface area contributed by atoms with Crippen molar-refractivity contribution in [3.8, 4) is 0 Å². The minimum absolute atomic E-state index is 0.402. The maximum atomic E-state index is 6.54. The Balaban J connectivity index is 2.06. The summed E-state index contributed by atoms with van der Waals surface area (Å²) < 4.78 is 5.31. The van der Waals surface area contributed by atoms with Gasteiger partial charge in [-0.15, -0.1) is 0 Å². The van der Waals surface area contributed by atoms with Crippen LogP contribution in [0.1, 0.15) is 19.3 Å². The second-order valence-corrected chi connectivity index (χ2v) is 2.31. The van der Waals surface area contributed by atoms with E-state index in [9.17, 15) is 0 Å². The van der Waals surface area contributed by atoms with Gasteiger partial charge in [-0.05, 0) is 12.8 Å². The lowest BCUT2D eigenvalue weighted by molar-refractivity contribution is 0.107. The Bertz CT molecular complexity index is 111. The van der Waals surface area contributed by atoms with E-state index in [1.165, 1.54) is 6.42 Å². The molecule has 2 heteroatoms. The number of ether oxygens (including phenoxy) is 1. The Morgan fingerprint density at radius 1 is 1.67 bits per heavy atom. The zero-order valence-corrected chi connectivity index (χ0v) is 5.47. The molecule has 2 nitrogen and oxygen atoms in total. The summed E-state index contributed by atoms with van der Waals surface area (Å²) in [4.78, 5) is 3.27. The Morgan fingerprint density at radius 2 is 2.56 bits per heavy atom. The molecular formula is C7H11NO. The van der Waals surface area contributed by atoms with Crippen molar-refractivity contribution < 1.29 is 4.74 Å². The molecule has 1 fully saturated rings. The first kappa shape index (κ1) is 6.57. The number of rotatable bonds is 2. The van der Waals surface area contributed by atoms with Crippen molar-refractivity contribution >= 4 is 0 Å². The van der Waals surface area contributed by atoms with Crippen molar-refractivity contribution in [3.63, 3.8) is 0 Å². The van der Waals surface area contributed by atoms with E-state index in [0.29, 0.717) is 12.6 Å². The smallest absolute Gasteiger partial charge is 0.217 e. The highest BCUT2D eigenvalue weighted by Crippen LogP contribution is 2.14. The number of hydrogen-bond donors (Lipinski definition) is 0. The highest BCUT2D eigenvalue weighted by Gasteiger charge is 2.15. The topological polar surface area (TPSA) is 13.6 Å². The van der Waals surface area contributed by atoms with E-state index in [4.69, 9.17) is 11.3 Å². The number of hydrogen-bond acceptors (Lipinski definition) is 1. The molecule has 0 aliphatic carbocycles. The van der Waals surface area contributed by atoms with Gasteiger partial charge in [0, 0.05) is 13.0 Å². The SMILES string of the molecule is [C-]#[N+]CCC1CCCO1. The molecular weight excluding hydrogens is 114 g/mol. The van der Waals surface area contributed by atoms with Crippen molar-refractivity contribution in [2.75, 3.05) is 13.2 Å². The van der Waals surface area contributed by atoms with E-state index in [-0.39, 0.29) is 0 Å². The third-order valence-corrected chi connectivity index (χ3v) is 1.59. The van der Waals surface area contributed by atoms with Gasteiger partial charge in [0.05, 0.1) is 6.10 Å². The molecule has 0 amide bonds. The van der Waals surface area contributed by atoms with Crippen LogP contribution >= 0.6 is 0 Å². The minimum atomic E-state index is 0.402. The molecule has 0 radical (unpaired) electrons. The van der Waals surface area contributed by atoms with Crippen LogP contribution in [0.3, 0.4) is 0 Å². The molecule has 0 aromatic carbocycles. The highest BCUT2D eigenvalue weighted by atomic mass is 16.5. The summed E-state index contributed by atoms with van der Waals surface area (Å²) in [7, 11) is 0. The van der Waals surface area contributed by atoms with E-state index in [2.05, 4.69) is 4.85 Å². The first-order chi connectivity index (χ1) is 4.43. The predicted molar refractivity (Wildman–Crippen MR) is 35.1 cm³/mol. The van der Waals surface area contributed by atoms with Gasteiger partial charge in [0.2, 0.25) is 6.54 Å². The molecule has 0 spiro atoms. The van der Waals surface area contributed by atoms with Gasteiger partial charge in [-0.2, -0.15) is 0 Å². The second kappa shape index (κ2) is 3.47. The van der Waals surface area contributed by atoms with Gasteiger partial charge < -0.3 is 9.58 Å². The molecule has 1 aliphatic rings. The van der Waals surface area contributed by atoms with Crippen LogP contribution in [0.25, 0.3) is 4.85 Å². The van der Waals surface area contributed by atoms with Crippen molar-refractivity contribution in [3.05, 3.63) is 11.4 Å². The highest BCUT2D eigenvalue weighted by molar-refractivity contribution is 4.69. The molecule has 1 saturated heterocycles. The van der Waals surface area contributed by atoms with Crippen LogP contribution in [0, 0.1) is 6.57 Å². The van der Waals surface area contributed by atoms with Crippen LogP contribution < -0.4 is 0 Å². The standard InChI is InChI=1S/C7H11NO/c1-8-5-4-7-3-2-6-9-7/h7H,2-6H2. The van der Waals surface area contributed by atoms with E-state index < -0.39 is 0 Å². The summed E-state index contributed by atoms with van der Waals surface area (Å²) >= 11 is 0. The second-order valence-electron chi connectivity index (χ2n) is 2.31. The molecule has 9 heavy (non-hydrogen) atoms. The van der Waals surface area contributed by atoms with E-state index in [0.717, 1.165) is 19.4 Å². The van der Waals surface area contributed by atoms with Crippen LogP contribution in [-0.2, 0) is 4.74 Å². The third-order valence-electron chi connectivity index (χ3n) is 1.59. The van der Waals surface area contributed by atoms with Crippen molar-refractivity contribution in [2.24, 2.45) is 0 Å². The number of nitrogens with zero attached hydrogens (tertiary/aromatic N) is 1. The average Bonchev–Trinajstić information content (AvgIpc) is 2.34. The first-order valence-electron chi connectivity index (χ1n) is 3.38. The lowest BCUT2D eigenvalue weighted by Gasteiger charge is -2.01. The van der Waals surface area contributed by atoms with E-state index in [1.54, 1.807) is 0 Å². The largest absolute Gasteiger partial charge is 0.378 e. The van der Waals surface area contributed by atoms with Gasteiger partial charge in [0.15, 0.2) is 0 Å². The van der Waals surface area contributed by atoms with E-state index >= 15 is 0 Å². The molecule has 0 aromatic heterocycles. The van der Waals surface area contributed by atoms with E-state index in [1.807, 2.05) is 0 Å². The Labute approximate surface area is 55.6 Å². The molecule has 1 atom stereocenters. The molecule has 1 rings (SSSR count). The van der Waals surface area contributed by atoms with Crippen molar-refractivity contribution in [1.82, 2.24) is 0 Å². The fourth-order valence-electron chi connectivity index (χ4n) is 1.08. The van der Waals surface area contributed by atoms with Gasteiger partial charge in [0.1, 0.15) is 0 Å². The summed E-state index contributed by atoms with van der Waals surface area (Å²) in [6.07, 6.45) is 3.68. The molecule has 50 valence electrons. The Hall–Kier alpha value is -0.550. The molecule has 0 saturated carbocycles. The molecule has 1 unspecified atom stereocenters. The first-order valence-corrected chi connectivity index (χ1v) is 3.38. The fourth-order valence-corrected chi connectivity index (χ4v) is 1.08. The zero-order valence-electron chi connectivity index (χ0n) is 5.47. The quantitative estimate of drug-likeness (QED) is 0.509. The molecule has 0 N–H and O–H groups in total. The summed E-state index contributed by atoms with van der Waals surface area (Å²) in [5.74, 6) is 0. The van der Waals surface area contributed by atoms with Crippen LogP contribution in [0.2, 0.25) is 0 Å². The van der Waals surface area contributed by atoms with Crippen molar-refractivity contribution in [1.29, 1.82) is 0 Å². The van der Waals surface area contributed by atoms with Crippen LogP contribution in [0.5, 0.6) is 0 Å². The summed E-state index contributed by atoms with van der Waals surface area (Å²) in [6, 6.07) is 0. The molecule has 1 heterocycles. The Kier molecular flexibility index (Phi) is 2.53. The lowest BCUT2D eigenvalue weighted by Crippen LogP contribution is -2.05. The minimum Gasteiger partial charge on any atom is -0.378 e. The summed E-state index contributed by atoms with van der Waals surface area (Å²) in [5, 5.41) is 0. The lowest BCUT2D eigenvalue weighted by atomic mass is 10.2. The van der Waals surface area contributed by atoms with Gasteiger partial charge in [-0.1, -0.05) is 0 Å². The van der Waals surface area contributed by atoms with Crippen LogP contribution in [0.4, 0.5) is 0 Å². The van der Waals surface area contributed by atoms with Crippen LogP contribution in [0.15, 0.2) is 0 Å². The monoisotopic (exact) mass is 125 g/mol. The van der Waals surface area contributed by atoms with Gasteiger partial charge >= 0.3 is 0 Å². The third kappa shape index (κ3) is 2.03. The van der Waals surface area contributed by atoms with Gasteiger partial charge in [0.25, 0.3) is 0 Å². The summed E-state index contributed by atoms with van der Waals surface area (Å²) in [6.45, 7) is 8.07. The van der Waals surface area contributed by atoms with Gasteiger partial charge in [-0.25, -0.2) is 6.57 Å².